The van der Waals surface area contributed by atoms with Crippen molar-refractivity contribution in [2.75, 3.05) is 84.5 Å². The Labute approximate surface area is 384 Å². The summed E-state index contributed by atoms with van der Waals surface area (Å²) in [6.07, 6.45) is 1.98. The molecular weight excluding hydrogens is 847 g/mol. The fraction of sp³-hybridized carbons (Fsp3) is 0.388. The maximum Gasteiger partial charge on any atom is 0.305 e. The zero-order valence-corrected chi connectivity index (χ0v) is 37.3. The molecule has 5 aromatic rings. The molecule has 0 saturated heterocycles. The molecule has 2 amide bonds. The van der Waals surface area contributed by atoms with E-state index in [1.807, 2.05) is 97.9 Å². The zero-order chi connectivity index (χ0) is 46.6. The predicted octanol–water partition coefficient (Wildman–Crippen LogP) is 7.19. The highest BCUT2D eigenvalue weighted by molar-refractivity contribution is 6.00. The number of ether oxygens (including phenoxy) is 6. The highest BCUT2D eigenvalue weighted by Gasteiger charge is 2.26. The summed E-state index contributed by atoms with van der Waals surface area (Å²) >= 11 is 0. The third-order valence-electron chi connectivity index (χ3n) is 10.1. The molecule has 5 rings (SSSR count). The predicted molar refractivity (Wildman–Crippen MR) is 250 cm³/mol. The first kappa shape index (κ1) is 50.4. The van der Waals surface area contributed by atoms with Gasteiger partial charge in [0, 0.05) is 36.0 Å². The fourth-order valence-electron chi connectivity index (χ4n) is 6.78. The van der Waals surface area contributed by atoms with E-state index >= 15 is 0 Å². The summed E-state index contributed by atoms with van der Waals surface area (Å²) in [6, 6.07) is 30.5. The number of carbonyl (C=O) groups excluding carboxylic acids is 2. The molecule has 0 fully saturated rings. The molecule has 0 aliphatic carbocycles. The molecule has 1 heterocycles. The minimum Gasteiger partial charge on any atom is -0.491 e. The quantitative estimate of drug-likeness (QED) is 0.0146. The normalized spacial score (nSPS) is 11.9. The number of fused-ring (bicyclic) bond motifs is 1. The lowest BCUT2D eigenvalue weighted by Gasteiger charge is -2.23. The molecule has 17 heteroatoms. The van der Waals surface area contributed by atoms with Crippen LogP contribution in [0.5, 0.6) is 5.75 Å². The van der Waals surface area contributed by atoms with Gasteiger partial charge >= 0.3 is 5.97 Å². The minimum atomic E-state index is -1.09. The van der Waals surface area contributed by atoms with Crippen LogP contribution in [0.15, 0.2) is 114 Å². The van der Waals surface area contributed by atoms with Gasteiger partial charge in [0.1, 0.15) is 24.2 Å². The molecule has 4 aromatic carbocycles. The van der Waals surface area contributed by atoms with Crippen molar-refractivity contribution in [3.05, 3.63) is 136 Å². The summed E-state index contributed by atoms with van der Waals surface area (Å²) in [5.41, 5.74) is 12.6. The topological polar surface area (TPSA) is 225 Å². The van der Waals surface area contributed by atoms with Gasteiger partial charge in [-0.25, -0.2) is 4.98 Å². The summed E-state index contributed by atoms with van der Waals surface area (Å²) in [4.78, 5) is 46.1. The maximum absolute atomic E-state index is 13.9. The van der Waals surface area contributed by atoms with E-state index < -0.39 is 24.0 Å². The van der Waals surface area contributed by atoms with Crippen LogP contribution in [0.25, 0.3) is 32.3 Å². The Morgan fingerprint density at radius 1 is 0.758 bits per heavy atom. The number of pyridine rings is 1. The Hall–Kier alpha value is -6.59. The molecule has 350 valence electrons. The zero-order valence-electron chi connectivity index (χ0n) is 37.3. The van der Waals surface area contributed by atoms with Crippen molar-refractivity contribution in [3.63, 3.8) is 0 Å². The molecule has 4 N–H and O–H groups in total. The van der Waals surface area contributed by atoms with Crippen LogP contribution in [-0.4, -0.2) is 113 Å². The SMILES string of the molecule is Cc1ccnc(NCCCC(=O)N[C@@H](COCc2ccccc2)C(=O)N[C@@H](CC(=O)O)c2ccc(-c3ccc(OCCOCCOCCOCCOCCN=[N+]=[N-])c4ccccc34)cc2)c1. The van der Waals surface area contributed by atoms with Crippen molar-refractivity contribution in [1.29, 1.82) is 0 Å². The Balaban J connectivity index is 1.13. The van der Waals surface area contributed by atoms with Gasteiger partial charge in [0.2, 0.25) is 11.8 Å². The molecule has 0 radical (unpaired) electrons. The third-order valence-corrected chi connectivity index (χ3v) is 10.1. The van der Waals surface area contributed by atoms with Gasteiger partial charge in [0.05, 0.1) is 78.5 Å². The van der Waals surface area contributed by atoms with E-state index in [0.29, 0.717) is 96.1 Å². The number of aryl methyl sites for hydroxylation is 1. The fourth-order valence-corrected chi connectivity index (χ4v) is 6.78. The Morgan fingerprint density at radius 3 is 2.11 bits per heavy atom. The number of aromatic nitrogens is 1. The first-order valence-electron chi connectivity index (χ1n) is 22.0. The molecular formula is C49H59N7O10. The average Bonchev–Trinajstić information content (AvgIpc) is 3.32. The molecule has 0 spiro atoms. The number of carboxylic acid groups (broad SMARTS) is 1. The number of nitrogens with one attached hydrogen (secondary N) is 3. The minimum absolute atomic E-state index is 0.121. The van der Waals surface area contributed by atoms with Gasteiger partial charge in [0.15, 0.2) is 0 Å². The standard InChI is InChI=1S/C49H59N7O10/c1-36-19-21-52-46(32-36)51-20-7-12-47(57)54-44(35-65-34-37-8-3-2-4-9-37)49(60)55-43(33-48(58)59)39-15-13-38(14-16-39)40-17-18-45(42-11-6-5-10-41(40)42)66-31-30-64-29-28-63-27-26-62-25-24-61-23-22-53-56-50/h2-6,8-11,13-19,21,32,43-44H,7,12,20,22-31,33-35H2,1H3,(H,51,52)(H,54,57)(H,55,60)(H,58,59)/t43-,44-/m0/s1. The summed E-state index contributed by atoms with van der Waals surface area (Å²) in [7, 11) is 0. The molecule has 17 nitrogen and oxygen atoms in total. The summed E-state index contributed by atoms with van der Waals surface area (Å²) < 4.78 is 34.0. The van der Waals surface area contributed by atoms with E-state index in [4.69, 9.17) is 34.0 Å². The highest BCUT2D eigenvalue weighted by Crippen LogP contribution is 2.35. The largest absolute Gasteiger partial charge is 0.491 e. The van der Waals surface area contributed by atoms with Gasteiger partial charge in [-0.2, -0.15) is 0 Å². The number of nitrogens with zero attached hydrogens (tertiary/aromatic N) is 4. The number of benzene rings is 4. The first-order chi connectivity index (χ1) is 32.3. The molecule has 0 saturated carbocycles. The summed E-state index contributed by atoms with van der Waals surface area (Å²) in [5.74, 6) is -0.569. The van der Waals surface area contributed by atoms with E-state index in [9.17, 15) is 19.5 Å². The van der Waals surface area contributed by atoms with E-state index in [1.54, 1.807) is 18.3 Å². The average molecular weight is 906 g/mol. The van der Waals surface area contributed by atoms with Crippen molar-refractivity contribution in [3.8, 4) is 16.9 Å². The van der Waals surface area contributed by atoms with Crippen molar-refractivity contribution in [1.82, 2.24) is 15.6 Å². The van der Waals surface area contributed by atoms with Crippen LogP contribution in [0.4, 0.5) is 5.82 Å². The second-order valence-corrected chi connectivity index (χ2v) is 15.1. The van der Waals surface area contributed by atoms with Crippen molar-refractivity contribution >= 4 is 34.4 Å². The van der Waals surface area contributed by atoms with E-state index in [1.165, 1.54) is 0 Å². The van der Waals surface area contributed by atoms with Crippen molar-refractivity contribution in [2.45, 2.75) is 44.9 Å². The first-order valence-corrected chi connectivity index (χ1v) is 22.0. The number of anilines is 1. The number of carbonyl (C=O) groups is 3. The molecule has 0 aliphatic rings. The Bertz CT molecular complexity index is 2290. The van der Waals surface area contributed by atoms with E-state index in [2.05, 4.69) is 31.0 Å². The van der Waals surface area contributed by atoms with Crippen LogP contribution >= 0.6 is 0 Å². The molecule has 0 unspecified atom stereocenters. The second kappa shape index (κ2) is 29.0. The number of azide groups is 1. The van der Waals surface area contributed by atoms with Gasteiger partial charge in [-0.15, -0.1) is 0 Å². The third kappa shape index (κ3) is 18.1. The number of amides is 2. The molecule has 2 atom stereocenters. The Morgan fingerprint density at radius 2 is 1.42 bits per heavy atom. The van der Waals surface area contributed by atoms with Crippen LogP contribution in [0.1, 0.15) is 42.0 Å². The van der Waals surface area contributed by atoms with E-state index in [-0.39, 0.29) is 32.0 Å². The number of carboxylic acids is 1. The lowest BCUT2D eigenvalue weighted by Crippen LogP contribution is -2.50. The van der Waals surface area contributed by atoms with Gasteiger partial charge < -0.3 is 49.5 Å². The lowest BCUT2D eigenvalue weighted by molar-refractivity contribution is -0.138. The van der Waals surface area contributed by atoms with Gasteiger partial charge in [-0.1, -0.05) is 90.0 Å². The van der Waals surface area contributed by atoms with Gasteiger partial charge in [-0.05, 0) is 70.3 Å². The monoisotopic (exact) mass is 905 g/mol. The smallest absolute Gasteiger partial charge is 0.305 e. The summed E-state index contributed by atoms with van der Waals surface area (Å²) in [5, 5.41) is 24.1. The van der Waals surface area contributed by atoms with Crippen molar-refractivity contribution < 1.29 is 47.9 Å². The number of hydrogen-bond donors (Lipinski definition) is 4. The van der Waals surface area contributed by atoms with Crippen LogP contribution < -0.4 is 20.7 Å². The second-order valence-electron chi connectivity index (χ2n) is 15.1. The van der Waals surface area contributed by atoms with Crippen molar-refractivity contribution in [2.24, 2.45) is 5.11 Å². The van der Waals surface area contributed by atoms with Crippen LogP contribution in [0.3, 0.4) is 0 Å². The van der Waals surface area contributed by atoms with Gasteiger partial charge in [-0.3, -0.25) is 14.4 Å². The number of aliphatic carboxylic acids is 1. The van der Waals surface area contributed by atoms with Crippen LogP contribution in [0, 0.1) is 6.92 Å². The summed E-state index contributed by atoms with van der Waals surface area (Å²) in [6.45, 7) is 6.48. The highest BCUT2D eigenvalue weighted by atomic mass is 16.6. The molecule has 0 aliphatic heterocycles. The molecule has 66 heavy (non-hydrogen) atoms. The number of rotatable bonds is 32. The van der Waals surface area contributed by atoms with E-state index in [0.717, 1.165) is 33.0 Å². The molecule has 1 aromatic heterocycles. The number of hydrogen-bond acceptors (Lipinski definition) is 12. The Kier molecular flexibility index (Phi) is 22.2. The maximum atomic E-state index is 13.9. The van der Waals surface area contributed by atoms with Crippen LogP contribution in [-0.2, 0) is 44.7 Å². The lowest BCUT2D eigenvalue weighted by atomic mass is 9.95. The molecule has 0 bridgehead atoms. The van der Waals surface area contributed by atoms with Crippen LogP contribution in [0.2, 0.25) is 0 Å². The van der Waals surface area contributed by atoms with Gasteiger partial charge in [0.25, 0.3) is 0 Å².